The Hall–Kier alpha value is -1.13. The molecule has 3 rings (SSSR count). The molecule has 0 bridgehead atoms. The molecule has 2 atom stereocenters. The molecule has 1 aromatic carbocycles. The second-order valence-electron chi connectivity index (χ2n) is 5.21. The quantitative estimate of drug-likeness (QED) is 0.820. The van der Waals surface area contributed by atoms with Crippen molar-refractivity contribution in [2.75, 3.05) is 26.3 Å². The Labute approximate surface area is 113 Å². The van der Waals surface area contributed by atoms with Gasteiger partial charge >= 0.3 is 0 Å². The molecule has 2 heterocycles. The monoisotopic (exact) mass is 265 g/mol. The molecule has 0 N–H and O–H groups in total. The lowest BCUT2D eigenvalue weighted by molar-refractivity contribution is -0.0742. The Morgan fingerprint density at radius 2 is 2.26 bits per heavy atom. The van der Waals surface area contributed by atoms with E-state index in [0.29, 0.717) is 19.3 Å². The number of halogens is 1. The van der Waals surface area contributed by atoms with Crippen LogP contribution in [0.2, 0.25) is 0 Å². The second kappa shape index (κ2) is 5.47. The van der Waals surface area contributed by atoms with Gasteiger partial charge in [0.25, 0.3) is 0 Å². The summed E-state index contributed by atoms with van der Waals surface area (Å²) in [5.41, 5.74) is 0.864. The molecule has 1 fully saturated rings. The Bertz CT molecular complexity index is 450. The van der Waals surface area contributed by atoms with Crippen LogP contribution in [0.25, 0.3) is 0 Å². The van der Waals surface area contributed by atoms with Gasteiger partial charge in [-0.3, -0.25) is 4.90 Å². The molecule has 0 amide bonds. The summed E-state index contributed by atoms with van der Waals surface area (Å²) in [7, 11) is 0. The average Bonchev–Trinajstić information content (AvgIpc) is 2.59. The van der Waals surface area contributed by atoms with Gasteiger partial charge in [-0.2, -0.15) is 0 Å². The number of benzene rings is 1. The molecule has 1 saturated heterocycles. The van der Waals surface area contributed by atoms with Crippen LogP contribution >= 0.6 is 0 Å². The SMILES string of the molecule is CCCN1CCO[C@@H]2c3cc(F)ccc3OCC[C@H]21. The van der Waals surface area contributed by atoms with Crippen LogP contribution in [0.3, 0.4) is 0 Å². The number of fused-ring (bicyclic) bond motifs is 3. The Morgan fingerprint density at radius 3 is 3.11 bits per heavy atom. The standard InChI is InChI=1S/C15H20FNO2/c1-2-6-17-7-9-19-15-12-10-11(16)3-4-14(12)18-8-5-13(15)17/h3-4,10,13,15H,2,5-9H2,1H3/t13-,15-/m1/s1. The first-order valence-corrected chi connectivity index (χ1v) is 7.07. The fourth-order valence-electron chi connectivity index (χ4n) is 3.12. The molecule has 0 spiro atoms. The fraction of sp³-hybridized carbons (Fsp3) is 0.600. The van der Waals surface area contributed by atoms with Crippen molar-refractivity contribution in [3.63, 3.8) is 0 Å². The van der Waals surface area contributed by atoms with E-state index in [1.54, 1.807) is 12.1 Å². The Morgan fingerprint density at radius 1 is 1.37 bits per heavy atom. The minimum absolute atomic E-state index is 0.0616. The van der Waals surface area contributed by atoms with Crippen LogP contribution in [0.1, 0.15) is 31.4 Å². The summed E-state index contributed by atoms with van der Waals surface area (Å²) in [6.45, 7) is 5.58. The van der Waals surface area contributed by atoms with Gasteiger partial charge in [0, 0.05) is 18.2 Å². The predicted molar refractivity (Wildman–Crippen MR) is 70.9 cm³/mol. The van der Waals surface area contributed by atoms with E-state index in [-0.39, 0.29) is 11.9 Å². The van der Waals surface area contributed by atoms with Gasteiger partial charge in [-0.05, 0) is 37.6 Å². The van der Waals surface area contributed by atoms with Crippen molar-refractivity contribution < 1.29 is 13.9 Å². The van der Waals surface area contributed by atoms with Crippen LogP contribution in [0, 0.1) is 5.82 Å². The molecule has 0 unspecified atom stereocenters. The van der Waals surface area contributed by atoms with Crippen molar-refractivity contribution in [2.24, 2.45) is 0 Å². The van der Waals surface area contributed by atoms with Gasteiger partial charge in [0.1, 0.15) is 17.7 Å². The van der Waals surface area contributed by atoms with Crippen LogP contribution in [0.4, 0.5) is 4.39 Å². The predicted octanol–water partition coefficient (Wildman–Crippen LogP) is 2.76. The van der Waals surface area contributed by atoms with E-state index in [2.05, 4.69) is 11.8 Å². The van der Waals surface area contributed by atoms with Gasteiger partial charge in [-0.1, -0.05) is 6.92 Å². The lowest BCUT2D eigenvalue weighted by Gasteiger charge is -2.40. The van der Waals surface area contributed by atoms with Gasteiger partial charge in [0.05, 0.1) is 13.2 Å². The van der Waals surface area contributed by atoms with Gasteiger partial charge in [0.2, 0.25) is 0 Å². The van der Waals surface area contributed by atoms with E-state index in [4.69, 9.17) is 9.47 Å². The highest BCUT2D eigenvalue weighted by Crippen LogP contribution is 2.38. The highest BCUT2D eigenvalue weighted by molar-refractivity contribution is 5.37. The minimum Gasteiger partial charge on any atom is -0.493 e. The van der Waals surface area contributed by atoms with E-state index in [9.17, 15) is 4.39 Å². The average molecular weight is 265 g/mol. The summed E-state index contributed by atoms with van der Waals surface area (Å²) < 4.78 is 25.2. The van der Waals surface area contributed by atoms with E-state index < -0.39 is 0 Å². The normalized spacial score (nSPS) is 27.1. The van der Waals surface area contributed by atoms with Crippen molar-refractivity contribution in [1.29, 1.82) is 0 Å². The van der Waals surface area contributed by atoms with Crippen LogP contribution in [-0.2, 0) is 4.74 Å². The third-order valence-corrected chi connectivity index (χ3v) is 3.95. The van der Waals surface area contributed by atoms with Crippen LogP contribution in [0.5, 0.6) is 5.75 Å². The molecule has 4 heteroatoms. The molecule has 2 aliphatic rings. The molecule has 19 heavy (non-hydrogen) atoms. The Balaban J connectivity index is 1.94. The maximum absolute atomic E-state index is 13.5. The number of hydrogen-bond donors (Lipinski definition) is 0. The zero-order chi connectivity index (χ0) is 13.2. The zero-order valence-electron chi connectivity index (χ0n) is 11.3. The Kier molecular flexibility index (Phi) is 3.71. The number of ether oxygens (including phenoxy) is 2. The lowest BCUT2D eigenvalue weighted by atomic mass is 9.97. The molecule has 0 radical (unpaired) electrons. The summed E-state index contributed by atoms with van der Waals surface area (Å²) >= 11 is 0. The molecule has 0 aromatic heterocycles. The van der Waals surface area contributed by atoms with Crippen molar-refractivity contribution in [3.05, 3.63) is 29.6 Å². The molecular weight excluding hydrogens is 245 g/mol. The van der Waals surface area contributed by atoms with E-state index in [0.717, 1.165) is 37.2 Å². The second-order valence-corrected chi connectivity index (χ2v) is 5.21. The topological polar surface area (TPSA) is 21.7 Å². The maximum atomic E-state index is 13.5. The van der Waals surface area contributed by atoms with Crippen molar-refractivity contribution >= 4 is 0 Å². The first-order chi connectivity index (χ1) is 9.29. The van der Waals surface area contributed by atoms with Crippen molar-refractivity contribution in [3.8, 4) is 5.75 Å². The summed E-state index contributed by atoms with van der Waals surface area (Å²) in [5, 5.41) is 0. The largest absolute Gasteiger partial charge is 0.493 e. The summed E-state index contributed by atoms with van der Waals surface area (Å²) in [6.07, 6.45) is 2.00. The molecule has 3 nitrogen and oxygen atoms in total. The summed E-state index contributed by atoms with van der Waals surface area (Å²) in [5.74, 6) is 0.548. The van der Waals surface area contributed by atoms with Crippen LogP contribution < -0.4 is 4.74 Å². The van der Waals surface area contributed by atoms with Gasteiger partial charge in [-0.25, -0.2) is 4.39 Å². The van der Waals surface area contributed by atoms with Crippen LogP contribution in [0.15, 0.2) is 18.2 Å². The first-order valence-electron chi connectivity index (χ1n) is 7.07. The molecule has 0 saturated carbocycles. The molecular formula is C15H20FNO2. The highest BCUT2D eigenvalue weighted by atomic mass is 19.1. The van der Waals surface area contributed by atoms with Crippen molar-refractivity contribution in [2.45, 2.75) is 31.9 Å². The molecule has 1 aromatic rings. The van der Waals surface area contributed by atoms with E-state index in [1.807, 2.05) is 0 Å². The molecule has 104 valence electrons. The number of morpholine rings is 1. The highest BCUT2D eigenvalue weighted by Gasteiger charge is 2.36. The smallest absolute Gasteiger partial charge is 0.125 e. The number of nitrogens with zero attached hydrogens (tertiary/aromatic N) is 1. The number of hydrogen-bond acceptors (Lipinski definition) is 3. The zero-order valence-corrected chi connectivity index (χ0v) is 11.3. The molecule has 2 aliphatic heterocycles. The van der Waals surface area contributed by atoms with Gasteiger partial charge < -0.3 is 9.47 Å². The summed E-state index contributed by atoms with van der Waals surface area (Å²) in [6, 6.07) is 5.03. The fourth-order valence-corrected chi connectivity index (χ4v) is 3.12. The van der Waals surface area contributed by atoms with Crippen molar-refractivity contribution in [1.82, 2.24) is 4.90 Å². The van der Waals surface area contributed by atoms with E-state index in [1.165, 1.54) is 6.07 Å². The molecule has 0 aliphatic carbocycles. The third kappa shape index (κ3) is 2.47. The minimum atomic E-state index is -0.223. The number of rotatable bonds is 2. The van der Waals surface area contributed by atoms with E-state index >= 15 is 0 Å². The maximum Gasteiger partial charge on any atom is 0.125 e. The van der Waals surface area contributed by atoms with Crippen LogP contribution in [-0.4, -0.2) is 37.2 Å². The van der Waals surface area contributed by atoms with Gasteiger partial charge in [0.15, 0.2) is 0 Å². The van der Waals surface area contributed by atoms with Gasteiger partial charge in [-0.15, -0.1) is 0 Å². The first kappa shape index (κ1) is 12.9. The third-order valence-electron chi connectivity index (χ3n) is 3.95. The summed E-state index contributed by atoms with van der Waals surface area (Å²) in [4.78, 5) is 2.46. The lowest BCUT2D eigenvalue weighted by Crippen LogP contribution is -2.47.